The van der Waals surface area contributed by atoms with Gasteiger partial charge in [0.25, 0.3) is 0 Å². The van der Waals surface area contributed by atoms with Gasteiger partial charge in [0.1, 0.15) is 10.7 Å². The molecule has 3 aromatic heterocycles. The van der Waals surface area contributed by atoms with Crippen LogP contribution in [0.5, 0.6) is 0 Å². The van der Waals surface area contributed by atoms with Gasteiger partial charge in [0.15, 0.2) is 5.82 Å². The summed E-state index contributed by atoms with van der Waals surface area (Å²) in [5, 5.41) is 3.64. The van der Waals surface area contributed by atoms with Crippen LogP contribution in [0.1, 0.15) is 0 Å². The van der Waals surface area contributed by atoms with Crippen molar-refractivity contribution < 1.29 is 0 Å². The monoisotopic (exact) mass is 262 g/mol. The molecule has 0 aliphatic rings. The highest BCUT2D eigenvalue weighted by atomic mass is 35.5. The van der Waals surface area contributed by atoms with Crippen molar-refractivity contribution >= 4 is 44.7 Å². The highest BCUT2D eigenvalue weighted by molar-refractivity contribution is 7.16. The van der Waals surface area contributed by atoms with E-state index in [1.807, 2.05) is 12.1 Å². The lowest BCUT2D eigenvalue weighted by atomic mass is 10.3. The molecule has 4 nitrogen and oxygen atoms in total. The zero-order valence-corrected chi connectivity index (χ0v) is 10.2. The first-order valence-electron chi connectivity index (χ1n) is 4.90. The molecule has 6 heteroatoms. The number of pyridine rings is 2. The summed E-state index contributed by atoms with van der Waals surface area (Å²) in [7, 11) is 0. The first-order chi connectivity index (χ1) is 8.33. The van der Waals surface area contributed by atoms with Crippen molar-refractivity contribution in [1.82, 2.24) is 15.0 Å². The van der Waals surface area contributed by atoms with Gasteiger partial charge in [-0.05, 0) is 18.2 Å². The van der Waals surface area contributed by atoms with Crippen LogP contribution in [0.15, 0.2) is 36.1 Å². The van der Waals surface area contributed by atoms with Gasteiger partial charge in [-0.25, -0.2) is 15.0 Å². The molecule has 0 saturated carbocycles. The Kier molecular flexibility index (Phi) is 2.62. The van der Waals surface area contributed by atoms with Crippen molar-refractivity contribution in [2.45, 2.75) is 0 Å². The lowest BCUT2D eigenvalue weighted by Crippen LogP contribution is -1.94. The van der Waals surface area contributed by atoms with Gasteiger partial charge in [-0.2, -0.15) is 0 Å². The molecule has 0 bridgehead atoms. The number of rotatable bonds is 2. The summed E-state index contributed by atoms with van der Waals surface area (Å²) < 4.78 is 1.10. The Bertz CT molecular complexity index is 650. The van der Waals surface area contributed by atoms with Crippen molar-refractivity contribution in [3.63, 3.8) is 0 Å². The van der Waals surface area contributed by atoms with Gasteiger partial charge in [0.05, 0.1) is 22.1 Å². The number of nitrogens with one attached hydrogen (secondary N) is 1. The maximum atomic E-state index is 5.73. The fraction of sp³-hybridized carbons (Fsp3) is 0. The molecule has 3 rings (SSSR count). The third-order valence-electron chi connectivity index (χ3n) is 2.24. The fourth-order valence-corrected chi connectivity index (χ4v) is 2.25. The molecule has 0 aromatic carbocycles. The van der Waals surface area contributed by atoms with Gasteiger partial charge in [-0.15, -0.1) is 11.3 Å². The second-order valence-electron chi connectivity index (χ2n) is 3.35. The number of hydrogen-bond acceptors (Lipinski definition) is 5. The molecular weight excluding hydrogens is 256 g/mol. The maximum Gasteiger partial charge on any atom is 0.157 e. The van der Waals surface area contributed by atoms with Crippen molar-refractivity contribution in [3.05, 3.63) is 41.3 Å². The average molecular weight is 263 g/mol. The number of thiazole rings is 1. The number of hydrogen-bond donors (Lipinski definition) is 1. The molecule has 0 aliphatic carbocycles. The van der Waals surface area contributed by atoms with Crippen LogP contribution < -0.4 is 5.32 Å². The second-order valence-corrected chi connectivity index (χ2v) is 4.63. The molecule has 0 atom stereocenters. The Balaban J connectivity index is 1.99. The summed E-state index contributed by atoms with van der Waals surface area (Å²) in [6.45, 7) is 0. The molecular formula is C11H7ClN4S. The molecule has 3 aromatic rings. The number of fused-ring (bicyclic) bond motifs is 1. The second kappa shape index (κ2) is 4.27. The van der Waals surface area contributed by atoms with Gasteiger partial charge >= 0.3 is 0 Å². The molecule has 0 fully saturated rings. The van der Waals surface area contributed by atoms with Gasteiger partial charge < -0.3 is 5.32 Å². The van der Waals surface area contributed by atoms with E-state index in [0.29, 0.717) is 5.15 Å². The number of anilines is 2. The molecule has 0 spiro atoms. The number of aromatic nitrogens is 3. The predicted octanol–water partition coefficient (Wildman–Crippen LogP) is 3.48. The zero-order chi connectivity index (χ0) is 11.7. The highest BCUT2D eigenvalue weighted by Gasteiger charge is 2.05. The van der Waals surface area contributed by atoms with Gasteiger partial charge in [-0.3, -0.25) is 0 Å². The van der Waals surface area contributed by atoms with E-state index in [4.69, 9.17) is 11.6 Å². The molecule has 0 aliphatic heterocycles. The molecule has 0 radical (unpaired) electrons. The minimum Gasteiger partial charge on any atom is -0.337 e. The minimum atomic E-state index is 0.468. The molecule has 1 N–H and O–H groups in total. The first-order valence-corrected chi connectivity index (χ1v) is 6.15. The van der Waals surface area contributed by atoms with Gasteiger partial charge in [-0.1, -0.05) is 11.6 Å². The Labute approximate surface area is 106 Å². The van der Waals surface area contributed by atoms with E-state index in [2.05, 4.69) is 20.3 Å². The molecule has 0 amide bonds. The van der Waals surface area contributed by atoms with Crippen LogP contribution in [0.4, 0.5) is 11.5 Å². The molecule has 3 heterocycles. The number of nitrogens with zero attached hydrogens (tertiary/aromatic N) is 3. The van der Waals surface area contributed by atoms with Crippen molar-refractivity contribution in [1.29, 1.82) is 0 Å². The van der Waals surface area contributed by atoms with Crippen LogP contribution in [-0.2, 0) is 0 Å². The Morgan fingerprint density at radius 2 is 2.06 bits per heavy atom. The van der Waals surface area contributed by atoms with Crippen LogP contribution in [0.2, 0.25) is 5.15 Å². The van der Waals surface area contributed by atoms with Crippen LogP contribution in [0, 0.1) is 0 Å². The Morgan fingerprint density at radius 1 is 1.12 bits per heavy atom. The molecule has 0 unspecified atom stereocenters. The summed E-state index contributed by atoms with van der Waals surface area (Å²) in [5.74, 6) is 0.730. The first kappa shape index (κ1) is 10.4. The zero-order valence-electron chi connectivity index (χ0n) is 8.59. The van der Waals surface area contributed by atoms with Crippen LogP contribution >= 0.6 is 22.9 Å². The largest absolute Gasteiger partial charge is 0.337 e. The average Bonchev–Trinajstić information content (AvgIpc) is 2.81. The predicted molar refractivity (Wildman–Crippen MR) is 69.9 cm³/mol. The van der Waals surface area contributed by atoms with Crippen molar-refractivity contribution in [3.8, 4) is 0 Å². The standard InChI is InChI=1S/C11H7ClN4S/c12-9-2-1-7(5-14-9)16-11-10-8(3-4-13-11)17-6-15-10/h1-6H,(H,13,16). The fourth-order valence-electron chi connectivity index (χ4n) is 1.47. The van der Waals surface area contributed by atoms with Crippen molar-refractivity contribution in [2.75, 3.05) is 5.32 Å². The highest BCUT2D eigenvalue weighted by Crippen LogP contribution is 2.25. The third-order valence-corrected chi connectivity index (χ3v) is 3.26. The number of halogens is 1. The van der Waals surface area contributed by atoms with E-state index >= 15 is 0 Å². The molecule has 84 valence electrons. The van der Waals surface area contributed by atoms with E-state index in [0.717, 1.165) is 21.7 Å². The summed E-state index contributed by atoms with van der Waals surface area (Å²) in [6, 6.07) is 5.52. The van der Waals surface area contributed by atoms with Gasteiger partial charge in [0, 0.05) is 6.20 Å². The lowest BCUT2D eigenvalue weighted by Gasteiger charge is -2.05. The van der Waals surface area contributed by atoms with E-state index in [1.165, 1.54) is 0 Å². The van der Waals surface area contributed by atoms with Crippen LogP contribution in [0.25, 0.3) is 10.2 Å². The molecule has 0 saturated heterocycles. The van der Waals surface area contributed by atoms with Crippen LogP contribution in [-0.4, -0.2) is 15.0 Å². The Hall–Kier alpha value is -1.72. The van der Waals surface area contributed by atoms with Crippen molar-refractivity contribution in [2.24, 2.45) is 0 Å². The molecule has 17 heavy (non-hydrogen) atoms. The van der Waals surface area contributed by atoms with E-state index in [9.17, 15) is 0 Å². The third kappa shape index (κ3) is 2.07. The van der Waals surface area contributed by atoms with Crippen LogP contribution in [0.3, 0.4) is 0 Å². The summed E-state index contributed by atoms with van der Waals surface area (Å²) in [5.41, 5.74) is 3.51. The normalized spacial score (nSPS) is 10.6. The van der Waals surface area contributed by atoms with E-state index in [-0.39, 0.29) is 0 Å². The lowest BCUT2D eigenvalue weighted by molar-refractivity contribution is 1.28. The maximum absolute atomic E-state index is 5.73. The summed E-state index contributed by atoms with van der Waals surface area (Å²) in [4.78, 5) is 12.5. The SMILES string of the molecule is Clc1ccc(Nc2nccc3scnc23)cn1. The summed E-state index contributed by atoms with van der Waals surface area (Å²) >= 11 is 7.31. The smallest absolute Gasteiger partial charge is 0.157 e. The quantitative estimate of drug-likeness (QED) is 0.719. The minimum absolute atomic E-state index is 0.468. The topological polar surface area (TPSA) is 50.7 Å². The Morgan fingerprint density at radius 3 is 2.88 bits per heavy atom. The van der Waals surface area contributed by atoms with E-state index in [1.54, 1.807) is 35.3 Å². The van der Waals surface area contributed by atoms with Gasteiger partial charge in [0.2, 0.25) is 0 Å². The summed E-state index contributed by atoms with van der Waals surface area (Å²) in [6.07, 6.45) is 3.42. The van der Waals surface area contributed by atoms with E-state index < -0.39 is 0 Å².